The third kappa shape index (κ3) is 6.89. The number of phenolic OH excluding ortho intramolecular Hbond substituents is 1. The SMILES string of the molecule is COc1ccc(C2CC(=O)c3c(O)c(C)c(OC4OC(COC(=O)CC(C)(O)CC(=O)O)C(O)C(O)C4O)c(C)c3O2)cc1. The number of aliphatic hydroxyl groups excluding tert-OH is 3. The van der Waals surface area contributed by atoms with Crippen LogP contribution >= 0.6 is 0 Å². The minimum Gasteiger partial charge on any atom is -0.507 e. The van der Waals surface area contributed by atoms with Crippen molar-refractivity contribution in [2.45, 2.75) is 82.4 Å². The summed E-state index contributed by atoms with van der Waals surface area (Å²) >= 11 is 0. The van der Waals surface area contributed by atoms with E-state index in [1.807, 2.05) is 0 Å². The van der Waals surface area contributed by atoms with Crippen molar-refractivity contribution in [3.63, 3.8) is 0 Å². The van der Waals surface area contributed by atoms with Crippen LogP contribution in [0.4, 0.5) is 0 Å². The molecule has 14 nitrogen and oxygen atoms in total. The smallest absolute Gasteiger partial charge is 0.308 e. The number of methoxy groups -OCH3 is 1. The van der Waals surface area contributed by atoms with E-state index < -0.39 is 79.5 Å². The Bertz CT molecular complexity index is 1400. The molecule has 2 heterocycles. The summed E-state index contributed by atoms with van der Waals surface area (Å²) in [5.74, 6) is -2.42. The predicted molar refractivity (Wildman–Crippen MR) is 149 cm³/mol. The van der Waals surface area contributed by atoms with Gasteiger partial charge in [-0.3, -0.25) is 14.4 Å². The summed E-state index contributed by atoms with van der Waals surface area (Å²) < 4.78 is 27.9. The molecular formula is C30H36O14. The van der Waals surface area contributed by atoms with E-state index in [1.54, 1.807) is 31.2 Å². The van der Waals surface area contributed by atoms with Crippen LogP contribution in [0, 0.1) is 13.8 Å². The zero-order chi connectivity index (χ0) is 32.5. The van der Waals surface area contributed by atoms with Gasteiger partial charge in [0.2, 0.25) is 6.29 Å². The Balaban J connectivity index is 1.54. The van der Waals surface area contributed by atoms with E-state index in [0.29, 0.717) is 16.9 Å². The summed E-state index contributed by atoms with van der Waals surface area (Å²) in [6, 6.07) is 6.95. The first-order valence-electron chi connectivity index (χ1n) is 13.8. The van der Waals surface area contributed by atoms with Crippen molar-refractivity contribution in [2.75, 3.05) is 13.7 Å². The van der Waals surface area contributed by atoms with E-state index in [9.17, 15) is 39.9 Å². The molecular weight excluding hydrogens is 584 g/mol. The number of carbonyl (C=O) groups is 3. The zero-order valence-electron chi connectivity index (χ0n) is 24.6. The maximum Gasteiger partial charge on any atom is 0.308 e. The Hall–Kier alpha value is -3.95. The molecule has 4 rings (SSSR count). The molecule has 7 atom stereocenters. The van der Waals surface area contributed by atoms with Gasteiger partial charge in [0.05, 0.1) is 32.0 Å². The normalized spacial score (nSPS) is 26.1. The van der Waals surface area contributed by atoms with Gasteiger partial charge < -0.3 is 54.3 Å². The fourth-order valence-corrected chi connectivity index (χ4v) is 5.21. The van der Waals surface area contributed by atoms with Gasteiger partial charge in [-0.1, -0.05) is 12.1 Å². The zero-order valence-corrected chi connectivity index (χ0v) is 24.6. The number of phenols is 1. The summed E-state index contributed by atoms with van der Waals surface area (Å²) in [4.78, 5) is 36.3. The lowest BCUT2D eigenvalue weighted by Gasteiger charge is -2.40. The van der Waals surface area contributed by atoms with Crippen molar-refractivity contribution in [1.29, 1.82) is 0 Å². The van der Waals surface area contributed by atoms with Crippen LogP contribution in [0.1, 0.15) is 59.3 Å². The highest BCUT2D eigenvalue weighted by Crippen LogP contribution is 2.48. The minimum atomic E-state index is -1.89. The fourth-order valence-electron chi connectivity index (χ4n) is 5.21. The van der Waals surface area contributed by atoms with Crippen LogP contribution in [0.15, 0.2) is 24.3 Å². The van der Waals surface area contributed by atoms with Gasteiger partial charge in [0.1, 0.15) is 65.7 Å². The van der Waals surface area contributed by atoms with Gasteiger partial charge in [0, 0.05) is 11.1 Å². The van der Waals surface area contributed by atoms with Crippen LogP contribution < -0.4 is 14.2 Å². The first-order chi connectivity index (χ1) is 20.6. The highest BCUT2D eigenvalue weighted by Gasteiger charge is 2.46. The van der Waals surface area contributed by atoms with Crippen molar-refractivity contribution in [3.8, 4) is 23.0 Å². The maximum atomic E-state index is 13.1. The quantitative estimate of drug-likeness (QED) is 0.205. The fraction of sp³-hybridized carbons (Fsp3) is 0.500. The Morgan fingerprint density at radius 2 is 1.68 bits per heavy atom. The Kier molecular flexibility index (Phi) is 9.71. The summed E-state index contributed by atoms with van der Waals surface area (Å²) in [5, 5.41) is 61.5. The second-order valence-corrected chi connectivity index (χ2v) is 11.2. The molecule has 6 N–H and O–H groups in total. The average Bonchev–Trinajstić information content (AvgIpc) is 2.96. The molecule has 0 amide bonds. The van der Waals surface area contributed by atoms with Gasteiger partial charge in [-0.05, 0) is 38.5 Å². The number of aliphatic carboxylic acids is 1. The molecule has 0 bridgehead atoms. The molecule has 0 aliphatic carbocycles. The summed E-state index contributed by atoms with van der Waals surface area (Å²) in [5.41, 5.74) is -0.809. The number of hydrogen-bond acceptors (Lipinski definition) is 13. The van der Waals surface area contributed by atoms with Crippen molar-refractivity contribution in [3.05, 3.63) is 46.5 Å². The number of carboxylic acid groups (broad SMARTS) is 1. The molecule has 2 aliphatic rings. The number of rotatable bonds is 10. The molecule has 2 aliphatic heterocycles. The van der Waals surface area contributed by atoms with E-state index in [1.165, 1.54) is 14.0 Å². The van der Waals surface area contributed by atoms with Crippen LogP contribution in [0.2, 0.25) is 0 Å². The Morgan fingerprint density at radius 3 is 2.30 bits per heavy atom. The monoisotopic (exact) mass is 620 g/mol. The molecule has 2 aromatic rings. The average molecular weight is 621 g/mol. The molecule has 0 aromatic heterocycles. The third-order valence-corrected chi connectivity index (χ3v) is 7.61. The molecule has 0 spiro atoms. The molecule has 1 fully saturated rings. The highest BCUT2D eigenvalue weighted by molar-refractivity contribution is 6.04. The van der Waals surface area contributed by atoms with Gasteiger partial charge >= 0.3 is 11.9 Å². The number of benzene rings is 2. The summed E-state index contributed by atoms with van der Waals surface area (Å²) in [7, 11) is 1.53. The molecule has 7 unspecified atom stereocenters. The van der Waals surface area contributed by atoms with Crippen LogP contribution in [-0.4, -0.2) is 98.4 Å². The largest absolute Gasteiger partial charge is 0.507 e. The third-order valence-electron chi connectivity index (χ3n) is 7.61. The number of hydrogen-bond donors (Lipinski definition) is 6. The maximum absolute atomic E-state index is 13.1. The standard InChI is InChI=1S/C30H36O14/c1-13-23(35)22-17(31)9-18(15-5-7-16(40-4)8-6-15)42-28(22)14(2)27(13)44-29-26(38)25(37)24(36)19(43-29)12-41-21(34)11-30(3,39)10-20(32)33/h5-8,18-19,24-26,29,35-39H,9-12H2,1-4H3,(H,32,33). The molecule has 1 saturated heterocycles. The number of carbonyl (C=O) groups excluding carboxylic acids is 2. The first-order valence-corrected chi connectivity index (χ1v) is 13.8. The van der Waals surface area contributed by atoms with Gasteiger partial charge in [-0.25, -0.2) is 0 Å². The molecule has 44 heavy (non-hydrogen) atoms. The molecule has 240 valence electrons. The van der Waals surface area contributed by atoms with Gasteiger partial charge in [-0.15, -0.1) is 0 Å². The lowest BCUT2D eigenvalue weighted by Crippen LogP contribution is -2.60. The number of aromatic hydroxyl groups is 1. The molecule has 0 saturated carbocycles. The van der Waals surface area contributed by atoms with Gasteiger partial charge in [0.15, 0.2) is 5.78 Å². The number of carboxylic acids is 1. The van der Waals surface area contributed by atoms with Gasteiger partial charge in [0.25, 0.3) is 0 Å². The Labute approximate surface area is 252 Å². The molecule has 2 aromatic carbocycles. The number of ether oxygens (including phenoxy) is 5. The minimum absolute atomic E-state index is 0.0162. The van der Waals surface area contributed by atoms with Crippen LogP contribution in [0.25, 0.3) is 0 Å². The topological polar surface area (TPSA) is 219 Å². The lowest BCUT2D eigenvalue weighted by molar-refractivity contribution is -0.279. The lowest BCUT2D eigenvalue weighted by atomic mass is 9.91. The van der Waals surface area contributed by atoms with Crippen molar-refractivity contribution >= 4 is 17.7 Å². The van der Waals surface area contributed by atoms with Crippen molar-refractivity contribution in [1.82, 2.24) is 0 Å². The number of aliphatic hydroxyl groups is 4. The summed E-state index contributed by atoms with van der Waals surface area (Å²) in [6.07, 6.45) is -10.5. The van der Waals surface area contributed by atoms with Crippen LogP contribution in [0.3, 0.4) is 0 Å². The second-order valence-electron chi connectivity index (χ2n) is 11.2. The Morgan fingerprint density at radius 1 is 1.02 bits per heavy atom. The number of esters is 1. The van der Waals surface area contributed by atoms with E-state index in [4.69, 9.17) is 28.8 Å². The van der Waals surface area contributed by atoms with E-state index >= 15 is 0 Å². The van der Waals surface area contributed by atoms with E-state index in [-0.39, 0.29) is 34.8 Å². The number of fused-ring (bicyclic) bond motifs is 1. The van der Waals surface area contributed by atoms with Crippen LogP contribution in [0.5, 0.6) is 23.0 Å². The second kappa shape index (κ2) is 13.0. The molecule has 0 radical (unpaired) electrons. The van der Waals surface area contributed by atoms with Gasteiger partial charge in [-0.2, -0.15) is 0 Å². The molecule has 14 heteroatoms. The van der Waals surface area contributed by atoms with Crippen LogP contribution in [-0.2, 0) is 19.1 Å². The predicted octanol–water partition coefficient (Wildman–Crippen LogP) is 1.07. The van der Waals surface area contributed by atoms with E-state index in [0.717, 1.165) is 6.92 Å². The van der Waals surface area contributed by atoms with Crippen molar-refractivity contribution < 1.29 is 68.7 Å². The number of ketones is 1. The van der Waals surface area contributed by atoms with E-state index in [2.05, 4.69) is 0 Å². The van der Waals surface area contributed by atoms with Crippen molar-refractivity contribution in [2.24, 2.45) is 0 Å². The highest BCUT2D eigenvalue weighted by atomic mass is 16.7. The first kappa shape index (κ1) is 33.0. The summed E-state index contributed by atoms with van der Waals surface area (Å²) in [6.45, 7) is 3.56. The number of Topliss-reactive ketones (excluding diaryl/α,β-unsaturated/α-hetero) is 1.